The van der Waals surface area contributed by atoms with Crippen molar-refractivity contribution in [2.24, 2.45) is 7.05 Å². The third-order valence-electron chi connectivity index (χ3n) is 2.55. The molecule has 0 unspecified atom stereocenters. The lowest BCUT2D eigenvalue weighted by Gasteiger charge is -2.05. The molecular formula is C12H12N2O2. The Morgan fingerprint density at radius 3 is 2.75 bits per heavy atom. The molecule has 0 bridgehead atoms. The van der Waals surface area contributed by atoms with Gasteiger partial charge < -0.3 is 9.67 Å². The second-order valence-corrected chi connectivity index (χ2v) is 3.70. The molecule has 0 aliphatic carbocycles. The average molecular weight is 216 g/mol. The molecule has 0 amide bonds. The van der Waals surface area contributed by atoms with Crippen molar-refractivity contribution in [1.82, 2.24) is 9.55 Å². The van der Waals surface area contributed by atoms with Crippen molar-refractivity contribution in [2.45, 2.75) is 6.92 Å². The highest BCUT2D eigenvalue weighted by Gasteiger charge is 2.10. The highest BCUT2D eigenvalue weighted by atomic mass is 16.4. The van der Waals surface area contributed by atoms with E-state index in [9.17, 15) is 4.79 Å². The van der Waals surface area contributed by atoms with Crippen LogP contribution in [-0.4, -0.2) is 20.6 Å². The van der Waals surface area contributed by atoms with E-state index in [1.54, 1.807) is 25.3 Å². The number of rotatable bonds is 2. The SMILES string of the molecule is Cc1ccc(-c2nccn2C)cc1C(=O)O. The number of aromatic carboxylic acids is 1. The molecule has 0 spiro atoms. The lowest BCUT2D eigenvalue weighted by molar-refractivity contribution is 0.0696. The van der Waals surface area contributed by atoms with E-state index in [1.807, 2.05) is 23.9 Å². The Balaban J connectivity index is 2.56. The van der Waals surface area contributed by atoms with Crippen LogP contribution in [0.1, 0.15) is 15.9 Å². The van der Waals surface area contributed by atoms with Gasteiger partial charge in [0.05, 0.1) is 5.56 Å². The van der Waals surface area contributed by atoms with Crippen molar-refractivity contribution < 1.29 is 9.90 Å². The first kappa shape index (κ1) is 10.4. The molecule has 4 nitrogen and oxygen atoms in total. The van der Waals surface area contributed by atoms with Gasteiger partial charge >= 0.3 is 5.97 Å². The third-order valence-corrected chi connectivity index (χ3v) is 2.55. The second-order valence-electron chi connectivity index (χ2n) is 3.70. The van der Waals surface area contributed by atoms with Gasteiger partial charge in [0.15, 0.2) is 0 Å². The molecule has 0 aliphatic heterocycles. The Hall–Kier alpha value is -2.10. The van der Waals surface area contributed by atoms with E-state index < -0.39 is 5.97 Å². The van der Waals surface area contributed by atoms with Crippen LogP contribution >= 0.6 is 0 Å². The fourth-order valence-electron chi connectivity index (χ4n) is 1.64. The standard InChI is InChI=1S/C12H12N2O2/c1-8-3-4-9(7-10(8)12(15)16)11-13-5-6-14(11)2/h3-7H,1-2H3,(H,15,16). The van der Waals surface area contributed by atoms with E-state index in [1.165, 1.54) is 0 Å². The summed E-state index contributed by atoms with van der Waals surface area (Å²) in [4.78, 5) is 15.2. The predicted octanol–water partition coefficient (Wildman–Crippen LogP) is 2.09. The normalized spacial score (nSPS) is 10.4. The minimum Gasteiger partial charge on any atom is -0.478 e. The Kier molecular flexibility index (Phi) is 2.48. The lowest BCUT2D eigenvalue weighted by Crippen LogP contribution is -2.01. The van der Waals surface area contributed by atoms with Gasteiger partial charge in [-0.25, -0.2) is 9.78 Å². The van der Waals surface area contributed by atoms with Crippen LogP contribution in [0.5, 0.6) is 0 Å². The number of carboxylic acid groups (broad SMARTS) is 1. The molecule has 1 N–H and O–H groups in total. The zero-order valence-corrected chi connectivity index (χ0v) is 9.14. The van der Waals surface area contributed by atoms with E-state index in [0.717, 1.165) is 17.0 Å². The molecule has 2 rings (SSSR count). The smallest absolute Gasteiger partial charge is 0.335 e. The Morgan fingerprint density at radius 1 is 1.44 bits per heavy atom. The van der Waals surface area contributed by atoms with Gasteiger partial charge in [-0.2, -0.15) is 0 Å². The molecule has 4 heteroatoms. The fraction of sp³-hybridized carbons (Fsp3) is 0.167. The quantitative estimate of drug-likeness (QED) is 0.836. The summed E-state index contributed by atoms with van der Waals surface area (Å²) in [6.45, 7) is 1.78. The summed E-state index contributed by atoms with van der Waals surface area (Å²) in [6, 6.07) is 5.33. The molecule has 0 radical (unpaired) electrons. The fourth-order valence-corrected chi connectivity index (χ4v) is 1.64. The molecule has 1 heterocycles. The van der Waals surface area contributed by atoms with Crippen molar-refractivity contribution in [3.8, 4) is 11.4 Å². The van der Waals surface area contributed by atoms with Crippen LogP contribution in [-0.2, 0) is 7.05 Å². The monoisotopic (exact) mass is 216 g/mol. The number of carbonyl (C=O) groups is 1. The molecule has 0 fully saturated rings. The van der Waals surface area contributed by atoms with Crippen LogP contribution < -0.4 is 0 Å². The Bertz CT molecular complexity index is 544. The molecule has 16 heavy (non-hydrogen) atoms. The molecule has 0 saturated heterocycles. The maximum atomic E-state index is 11.0. The number of benzene rings is 1. The number of hydrogen-bond donors (Lipinski definition) is 1. The maximum absolute atomic E-state index is 11.0. The summed E-state index contributed by atoms with van der Waals surface area (Å²) in [5.74, 6) is -0.143. The zero-order chi connectivity index (χ0) is 11.7. The summed E-state index contributed by atoms with van der Waals surface area (Å²) in [5, 5.41) is 9.03. The zero-order valence-electron chi connectivity index (χ0n) is 9.14. The largest absolute Gasteiger partial charge is 0.478 e. The topological polar surface area (TPSA) is 55.1 Å². The van der Waals surface area contributed by atoms with Crippen molar-refractivity contribution >= 4 is 5.97 Å². The van der Waals surface area contributed by atoms with Crippen LogP contribution in [0, 0.1) is 6.92 Å². The van der Waals surface area contributed by atoms with E-state index in [0.29, 0.717) is 5.56 Å². The molecule has 0 saturated carbocycles. The highest BCUT2D eigenvalue weighted by Crippen LogP contribution is 2.20. The van der Waals surface area contributed by atoms with Gasteiger partial charge in [-0.15, -0.1) is 0 Å². The number of imidazole rings is 1. The summed E-state index contributed by atoms with van der Waals surface area (Å²) >= 11 is 0. The van der Waals surface area contributed by atoms with E-state index in [-0.39, 0.29) is 0 Å². The van der Waals surface area contributed by atoms with Crippen LogP contribution in [0.2, 0.25) is 0 Å². The molecular weight excluding hydrogens is 204 g/mol. The van der Waals surface area contributed by atoms with Gasteiger partial charge in [0.2, 0.25) is 0 Å². The Morgan fingerprint density at radius 2 is 2.19 bits per heavy atom. The molecule has 1 aromatic heterocycles. The number of hydrogen-bond acceptors (Lipinski definition) is 2. The van der Waals surface area contributed by atoms with Gasteiger partial charge in [0.25, 0.3) is 0 Å². The summed E-state index contributed by atoms with van der Waals surface area (Å²) in [5.41, 5.74) is 1.89. The third kappa shape index (κ3) is 1.69. The van der Waals surface area contributed by atoms with Crippen LogP contribution in [0.3, 0.4) is 0 Å². The number of nitrogens with zero attached hydrogens (tertiary/aromatic N) is 2. The first-order valence-electron chi connectivity index (χ1n) is 4.91. The van der Waals surface area contributed by atoms with Crippen molar-refractivity contribution in [3.05, 3.63) is 41.7 Å². The number of carboxylic acids is 1. The van der Waals surface area contributed by atoms with Crippen LogP contribution in [0.25, 0.3) is 11.4 Å². The second kappa shape index (κ2) is 3.81. The van der Waals surface area contributed by atoms with Crippen LogP contribution in [0.15, 0.2) is 30.6 Å². The minimum absolute atomic E-state index is 0.320. The van der Waals surface area contributed by atoms with E-state index in [4.69, 9.17) is 5.11 Å². The lowest BCUT2D eigenvalue weighted by atomic mass is 10.0. The first-order valence-corrected chi connectivity index (χ1v) is 4.91. The first-order chi connectivity index (χ1) is 7.59. The van der Waals surface area contributed by atoms with E-state index >= 15 is 0 Å². The average Bonchev–Trinajstić information content (AvgIpc) is 2.65. The minimum atomic E-state index is -0.909. The van der Waals surface area contributed by atoms with Crippen molar-refractivity contribution in [1.29, 1.82) is 0 Å². The predicted molar refractivity (Wildman–Crippen MR) is 60.3 cm³/mol. The van der Waals surface area contributed by atoms with E-state index in [2.05, 4.69) is 4.98 Å². The highest BCUT2D eigenvalue weighted by molar-refractivity contribution is 5.90. The van der Waals surface area contributed by atoms with Crippen molar-refractivity contribution in [2.75, 3.05) is 0 Å². The summed E-state index contributed by atoms with van der Waals surface area (Å²) in [7, 11) is 1.88. The van der Waals surface area contributed by atoms with Gasteiger partial charge in [-0.3, -0.25) is 0 Å². The molecule has 82 valence electrons. The summed E-state index contributed by atoms with van der Waals surface area (Å²) < 4.78 is 1.86. The number of aromatic nitrogens is 2. The van der Waals surface area contributed by atoms with Gasteiger partial charge in [-0.05, 0) is 18.6 Å². The molecule has 2 aromatic rings. The molecule has 0 atom stereocenters. The van der Waals surface area contributed by atoms with Crippen molar-refractivity contribution in [3.63, 3.8) is 0 Å². The van der Waals surface area contributed by atoms with Crippen LogP contribution in [0.4, 0.5) is 0 Å². The van der Waals surface area contributed by atoms with Gasteiger partial charge in [0, 0.05) is 25.0 Å². The summed E-state index contributed by atoms with van der Waals surface area (Å²) in [6.07, 6.45) is 3.52. The van der Waals surface area contributed by atoms with Gasteiger partial charge in [0.1, 0.15) is 5.82 Å². The Labute approximate surface area is 93.2 Å². The molecule has 1 aromatic carbocycles. The molecule has 0 aliphatic rings. The van der Waals surface area contributed by atoms with Gasteiger partial charge in [-0.1, -0.05) is 12.1 Å². The number of aryl methyl sites for hydroxylation is 2. The maximum Gasteiger partial charge on any atom is 0.335 e.